The number of hydrogen-bond donors (Lipinski definition) is 2. The third-order valence-corrected chi connectivity index (χ3v) is 7.22. The maximum absolute atomic E-state index is 15.0. The van der Waals surface area contributed by atoms with Crippen molar-refractivity contribution in [2.45, 2.75) is 57.8 Å². The molecule has 0 bridgehead atoms. The van der Waals surface area contributed by atoms with Crippen LogP contribution in [0.5, 0.6) is 5.88 Å². The largest absolute Gasteiger partial charge is 0.481 e. The molecule has 1 aliphatic carbocycles. The molecule has 2 aliphatic rings. The molecule has 10 heteroatoms. The molecule has 3 heterocycles. The van der Waals surface area contributed by atoms with E-state index >= 15 is 4.39 Å². The number of benzene rings is 1. The Morgan fingerprint density at radius 2 is 1.89 bits per heavy atom. The van der Waals surface area contributed by atoms with Crippen LogP contribution in [0.15, 0.2) is 24.3 Å². The molecule has 2 fully saturated rings. The number of halogens is 2. The van der Waals surface area contributed by atoms with E-state index in [-0.39, 0.29) is 29.3 Å². The van der Waals surface area contributed by atoms with Crippen LogP contribution >= 0.6 is 0 Å². The smallest absolute Gasteiger partial charge is 0.228 e. The van der Waals surface area contributed by atoms with Gasteiger partial charge < -0.3 is 20.1 Å². The van der Waals surface area contributed by atoms with Gasteiger partial charge in [0.15, 0.2) is 5.65 Å². The van der Waals surface area contributed by atoms with E-state index in [2.05, 4.69) is 25.6 Å². The van der Waals surface area contributed by atoms with Gasteiger partial charge in [-0.15, -0.1) is 0 Å². The molecule has 2 N–H and O–H groups in total. The number of alkyl halides is 1. The van der Waals surface area contributed by atoms with Crippen LogP contribution < -0.4 is 15.4 Å². The Bertz CT molecular complexity index is 1330. The first-order valence-electron chi connectivity index (χ1n) is 12.6. The Morgan fingerprint density at radius 3 is 2.54 bits per heavy atom. The van der Waals surface area contributed by atoms with Gasteiger partial charge in [-0.2, -0.15) is 4.98 Å². The van der Waals surface area contributed by atoms with Crippen molar-refractivity contribution in [3.63, 3.8) is 0 Å². The van der Waals surface area contributed by atoms with E-state index in [1.807, 2.05) is 6.07 Å². The number of aromatic nitrogens is 3. The standard InChI is InChI=1S/C27H31F2N5O3/c1-13(28)19-6-5-7-20(23(19)29)14(2)30-24-22-10-21(27(36-4)34-25(22)32-15(3)31-24)16-8-18(9-16)33-26(35)17-11-37-12-17/h5-7,10,13-14,16-18H,8-9,11-12H2,1-4H3,(H,33,35)(H,30,31,32,34)/t13?,14-,16?,18?/m1/s1. The highest BCUT2D eigenvalue weighted by molar-refractivity contribution is 5.88. The number of anilines is 1. The highest BCUT2D eigenvalue weighted by Gasteiger charge is 2.36. The molecule has 37 heavy (non-hydrogen) atoms. The zero-order valence-corrected chi connectivity index (χ0v) is 21.3. The van der Waals surface area contributed by atoms with Crippen molar-refractivity contribution in [3.8, 4) is 5.88 Å². The monoisotopic (exact) mass is 511 g/mol. The lowest BCUT2D eigenvalue weighted by Gasteiger charge is -2.38. The predicted molar refractivity (Wildman–Crippen MR) is 135 cm³/mol. The second-order valence-electron chi connectivity index (χ2n) is 9.92. The average molecular weight is 512 g/mol. The highest BCUT2D eigenvalue weighted by atomic mass is 19.1. The van der Waals surface area contributed by atoms with Gasteiger partial charge >= 0.3 is 0 Å². The van der Waals surface area contributed by atoms with E-state index in [0.717, 1.165) is 18.4 Å². The number of carbonyl (C=O) groups is 1. The second-order valence-corrected chi connectivity index (χ2v) is 9.92. The van der Waals surface area contributed by atoms with E-state index < -0.39 is 18.0 Å². The normalized spacial score (nSPS) is 21.0. The van der Waals surface area contributed by atoms with Crippen molar-refractivity contribution < 1.29 is 23.0 Å². The lowest BCUT2D eigenvalue weighted by molar-refractivity contribution is -0.140. The molecule has 5 rings (SSSR count). The molecule has 196 valence electrons. The Kier molecular flexibility index (Phi) is 6.94. The lowest BCUT2D eigenvalue weighted by Crippen LogP contribution is -2.50. The second kappa shape index (κ2) is 10.2. The first-order valence-corrected chi connectivity index (χ1v) is 12.6. The molecule has 3 aromatic rings. The van der Waals surface area contributed by atoms with Crippen LogP contribution in [0.1, 0.15) is 67.3 Å². The summed E-state index contributed by atoms with van der Waals surface area (Å²) in [5, 5.41) is 7.06. The quantitative estimate of drug-likeness (QED) is 0.453. The van der Waals surface area contributed by atoms with Crippen molar-refractivity contribution in [3.05, 3.63) is 52.6 Å². The molecule has 1 aliphatic heterocycles. The summed E-state index contributed by atoms with van der Waals surface area (Å²) in [7, 11) is 1.57. The topological polar surface area (TPSA) is 98.3 Å². The van der Waals surface area contributed by atoms with E-state index in [1.165, 1.54) is 13.0 Å². The molecule has 1 aromatic carbocycles. The third-order valence-electron chi connectivity index (χ3n) is 7.22. The Labute approximate surface area is 214 Å². The van der Waals surface area contributed by atoms with Gasteiger partial charge in [0.1, 0.15) is 23.6 Å². The van der Waals surface area contributed by atoms with Gasteiger partial charge in [-0.1, -0.05) is 18.2 Å². The van der Waals surface area contributed by atoms with Crippen molar-refractivity contribution >= 4 is 22.8 Å². The number of aryl methyl sites for hydroxylation is 1. The zero-order chi connectivity index (χ0) is 26.3. The van der Waals surface area contributed by atoms with Gasteiger partial charge in [-0.25, -0.2) is 18.7 Å². The summed E-state index contributed by atoms with van der Waals surface area (Å²) < 4.78 is 39.6. The molecule has 1 saturated heterocycles. The number of carbonyl (C=O) groups excluding carboxylic acids is 1. The summed E-state index contributed by atoms with van der Waals surface area (Å²) in [6.45, 7) is 5.85. The zero-order valence-electron chi connectivity index (χ0n) is 21.3. The first kappa shape index (κ1) is 25.3. The number of hydrogen-bond acceptors (Lipinski definition) is 7. The number of nitrogens with one attached hydrogen (secondary N) is 2. The van der Waals surface area contributed by atoms with Crippen LogP contribution in [0, 0.1) is 18.7 Å². The maximum Gasteiger partial charge on any atom is 0.228 e. The fourth-order valence-electron chi connectivity index (χ4n) is 4.92. The Balaban J connectivity index is 1.41. The third kappa shape index (κ3) is 4.94. The summed E-state index contributed by atoms with van der Waals surface area (Å²) in [5.74, 6) is 1.08. The molecule has 2 atom stereocenters. The molecular formula is C27H31F2N5O3. The number of ether oxygens (including phenoxy) is 2. The van der Waals surface area contributed by atoms with Gasteiger partial charge in [0.05, 0.1) is 37.7 Å². The molecular weight excluding hydrogens is 480 g/mol. The fourth-order valence-corrected chi connectivity index (χ4v) is 4.92. The summed E-state index contributed by atoms with van der Waals surface area (Å²) in [5.41, 5.74) is 1.75. The molecule has 2 aromatic heterocycles. The lowest BCUT2D eigenvalue weighted by atomic mass is 9.75. The first-order chi connectivity index (χ1) is 17.7. The highest BCUT2D eigenvalue weighted by Crippen LogP contribution is 2.42. The van der Waals surface area contributed by atoms with Crippen LogP contribution in [-0.2, 0) is 9.53 Å². The van der Waals surface area contributed by atoms with Crippen molar-refractivity contribution in [2.75, 3.05) is 25.6 Å². The Morgan fingerprint density at radius 1 is 1.16 bits per heavy atom. The van der Waals surface area contributed by atoms with Gasteiger partial charge in [0.2, 0.25) is 11.8 Å². The van der Waals surface area contributed by atoms with E-state index in [9.17, 15) is 9.18 Å². The summed E-state index contributed by atoms with van der Waals surface area (Å²) in [4.78, 5) is 26.0. The van der Waals surface area contributed by atoms with Crippen LogP contribution in [0.3, 0.4) is 0 Å². The Hall–Kier alpha value is -3.40. The minimum atomic E-state index is -1.41. The summed E-state index contributed by atoms with van der Waals surface area (Å²) in [6, 6.07) is 6.32. The molecule has 0 radical (unpaired) electrons. The molecule has 1 unspecified atom stereocenters. The van der Waals surface area contributed by atoms with Gasteiger partial charge in [0, 0.05) is 22.7 Å². The van der Waals surface area contributed by atoms with Crippen LogP contribution in [0.4, 0.5) is 14.6 Å². The van der Waals surface area contributed by atoms with Crippen molar-refractivity contribution in [1.29, 1.82) is 0 Å². The molecule has 0 spiro atoms. The van der Waals surface area contributed by atoms with Gasteiger partial charge in [0.25, 0.3) is 0 Å². The maximum atomic E-state index is 15.0. The number of amides is 1. The molecule has 1 saturated carbocycles. The number of rotatable bonds is 8. The SMILES string of the molecule is COc1nc2nc(C)nc(N[C@H](C)c3cccc(C(C)F)c3F)c2cc1C1CC(NC(=O)C2COC2)C1. The number of pyridine rings is 1. The average Bonchev–Trinajstić information content (AvgIpc) is 2.79. The summed E-state index contributed by atoms with van der Waals surface area (Å²) in [6.07, 6.45) is 0.133. The van der Waals surface area contributed by atoms with Crippen LogP contribution in [0.25, 0.3) is 11.0 Å². The van der Waals surface area contributed by atoms with E-state index in [1.54, 1.807) is 33.1 Å². The van der Waals surface area contributed by atoms with Crippen LogP contribution in [-0.4, -0.2) is 47.2 Å². The van der Waals surface area contributed by atoms with Gasteiger partial charge in [-0.3, -0.25) is 4.79 Å². The molecule has 8 nitrogen and oxygen atoms in total. The minimum absolute atomic E-state index is 0.0278. The predicted octanol–water partition coefficient (Wildman–Crippen LogP) is 4.69. The van der Waals surface area contributed by atoms with E-state index in [4.69, 9.17) is 9.47 Å². The van der Waals surface area contributed by atoms with Crippen molar-refractivity contribution in [1.82, 2.24) is 20.3 Å². The number of methoxy groups -OCH3 is 1. The van der Waals surface area contributed by atoms with E-state index in [0.29, 0.717) is 47.3 Å². The summed E-state index contributed by atoms with van der Waals surface area (Å²) >= 11 is 0. The molecule has 1 amide bonds. The minimum Gasteiger partial charge on any atom is -0.481 e. The van der Waals surface area contributed by atoms with Crippen LogP contribution in [0.2, 0.25) is 0 Å². The number of nitrogens with zero attached hydrogens (tertiary/aromatic N) is 3. The number of fused-ring (bicyclic) bond motifs is 1. The van der Waals surface area contributed by atoms with Gasteiger partial charge in [-0.05, 0) is 45.6 Å². The van der Waals surface area contributed by atoms with Crippen molar-refractivity contribution in [2.24, 2.45) is 5.92 Å². The fraction of sp³-hybridized carbons (Fsp3) is 0.481.